The van der Waals surface area contributed by atoms with E-state index in [2.05, 4.69) is 26.1 Å². The summed E-state index contributed by atoms with van der Waals surface area (Å²) in [6, 6.07) is 6.18. The normalized spacial score (nSPS) is 10.0. The predicted molar refractivity (Wildman–Crippen MR) is 85.4 cm³/mol. The first-order valence-electron chi connectivity index (χ1n) is 6.58. The molecule has 1 aromatic carbocycles. The van der Waals surface area contributed by atoms with Gasteiger partial charge in [0.25, 0.3) is 5.91 Å². The van der Waals surface area contributed by atoms with Crippen LogP contribution in [0.2, 0.25) is 5.02 Å². The Bertz CT molecular complexity index is 722. The number of hydrogen-bond donors (Lipinski definition) is 3. The molecule has 0 atom stereocenters. The highest BCUT2D eigenvalue weighted by Crippen LogP contribution is 2.28. The zero-order chi connectivity index (χ0) is 16.8. The van der Waals surface area contributed by atoms with E-state index in [1.807, 2.05) is 0 Å². The van der Waals surface area contributed by atoms with Crippen LogP contribution >= 0.6 is 11.6 Å². The third kappa shape index (κ3) is 4.04. The minimum absolute atomic E-state index is 0.0655. The van der Waals surface area contributed by atoms with Gasteiger partial charge in [0.05, 0.1) is 4.92 Å². The Morgan fingerprint density at radius 2 is 1.91 bits per heavy atom. The van der Waals surface area contributed by atoms with Gasteiger partial charge in [-0.25, -0.2) is 9.97 Å². The number of halogens is 1. The van der Waals surface area contributed by atoms with Gasteiger partial charge in [-0.3, -0.25) is 25.8 Å². The minimum Gasteiger partial charge on any atom is -0.364 e. The predicted octanol–water partition coefficient (Wildman–Crippen LogP) is 2.23. The summed E-state index contributed by atoms with van der Waals surface area (Å²) in [6.45, 7) is 2.23. The minimum atomic E-state index is -0.630. The first-order chi connectivity index (χ1) is 11.0. The number of aromatic nitrogens is 2. The number of carbonyl (C=O) groups is 1. The van der Waals surface area contributed by atoms with E-state index < -0.39 is 10.8 Å². The fourth-order valence-electron chi connectivity index (χ4n) is 1.73. The molecule has 1 amide bonds. The van der Waals surface area contributed by atoms with Crippen molar-refractivity contribution in [2.24, 2.45) is 0 Å². The summed E-state index contributed by atoms with van der Waals surface area (Å²) >= 11 is 5.75. The molecule has 0 bridgehead atoms. The fourth-order valence-corrected chi connectivity index (χ4v) is 1.86. The van der Waals surface area contributed by atoms with E-state index in [1.54, 1.807) is 19.1 Å². The third-order valence-electron chi connectivity index (χ3n) is 2.75. The summed E-state index contributed by atoms with van der Waals surface area (Å²) in [6.07, 6.45) is 1.15. The smallest absolute Gasteiger partial charge is 0.354 e. The quantitative estimate of drug-likeness (QED) is 0.546. The number of nitrogens with zero attached hydrogens (tertiary/aromatic N) is 3. The zero-order valence-corrected chi connectivity index (χ0v) is 12.8. The van der Waals surface area contributed by atoms with Gasteiger partial charge in [-0.15, -0.1) is 0 Å². The van der Waals surface area contributed by atoms with Gasteiger partial charge in [-0.2, -0.15) is 0 Å². The highest BCUT2D eigenvalue weighted by atomic mass is 35.5. The molecule has 2 aromatic rings. The molecule has 0 aliphatic heterocycles. The van der Waals surface area contributed by atoms with Crippen molar-refractivity contribution in [1.82, 2.24) is 15.4 Å². The summed E-state index contributed by atoms with van der Waals surface area (Å²) in [5.74, 6) is -0.543. The summed E-state index contributed by atoms with van der Waals surface area (Å²) in [7, 11) is 0. The molecule has 10 heteroatoms. The molecule has 1 heterocycles. The summed E-state index contributed by atoms with van der Waals surface area (Å²) in [4.78, 5) is 30.1. The molecule has 3 N–H and O–H groups in total. The second kappa shape index (κ2) is 7.36. The molecule has 0 aliphatic carbocycles. The van der Waals surface area contributed by atoms with Gasteiger partial charge in [0.15, 0.2) is 0 Å². The van der Waals surface area contributed by atoms with Crippen molar-refractivity contribution in [1.29, 1.82) is 0 Å². The molecule has 0 radical (unpaired) electrons. The summed E-state index contributed by atoms with van der Waals surface area (Å²) < 4.78 is 0. The van der Waals surface area contributed by atoms with E-state index in [0.29, 0.717) is 17.1 Å². The number of benzene rings is 1. The second-order valence-electron chi connectivity index (χ2n) is 4.29. The number of anilines is 2. The maximum absolute atomic E-state index is 12.0. The van der Waals surface area contributed by atoms with E-state index >= 15 is 0 Å². The summed E-state index contributed by atoms with van der Waals surface area (Å²) in [5, 5.41) is 14.4. The third-order valence-corrected chi connectivity index (χ3v) is 3.00. The average molecular weight is 337 g/mol. The Morgan fingerprint density at radius 3 is 2.52 bits per heavy atom. The first-order valence-corrected chi connectivity index (χ1v) is 6.96. The zero-order valence-electron chi connectivity index (χ0n) is 12.0. The van der Waals surface area contributed by atoms with Crippen LogP contribution in [0.4, 0.5) is 17.3 Å². The van der Waals surface area contributed by atoms with E-state index in [0.717, 1.165) is 6.33 Å². The molecule has 0 aliphatic rings. The SMILES string of the molecule is CCNc1ncnc(NNC(=O)c2ccc(Cl)cc2)c1[N+](=O)[O-]. The molecular weight excluding hydrogens is 324 g/mol. The van der Waals surface area contributed by atoms with Crippen LogP contribution in [0.25, 0.3) is 0 Å². The lowest BCUT2D eigenvalue weighted by molar-refractivity contribution is -0.383. The lowest BCUT2D eigenvalue weighted by Crippen LogP contribution is -2.30. The molecule has 2 rings (SSSR count). The molecule has 0 unspecified atom stereocenters. The van der Waals surface area contributed by atoms with Crippen LogP contribution in [0.1, 0.15) is 17.3 Å². The molecule has 9 nitrogen and oxygen atoms in total. The number of carbonyl (C=O) groups excluding carboxylic acids is 1. The van der Waals surface area contributed by atoms with Gasteiger partial charge < -0.3 is 5.32 Å². The van der Waals surface area contributed by atoms with Crippen LogP contribution in [-0.2, 0) is 0 Å². The van der Waals surface area contributed by atoms with Gasteiger partial charge >= 0.3 is 5.69 Å². The molecule has 1 aromatic heterocycles. The van der Waals surface area contributed by atoms with Crippen LogP contribution in [0, 0.1) is 10.1 Å². The molecular formula is C13H13ClN6O3. The molecule has 0 spiro atoms. The number of hydrazine groups is 1. The highest BCUT2D eigenvalue weighted by molar-refractivity contribution is 6.30. The number of amides is 1. The Balaban J connectivity index is 2.16. The van der Waals surface area contributed by atoms with Crippen LogP contribution in [0.5, 0.6) is 0 Å². The second-order valence-corrected chi connectivity index (χ2v) is 4.73. The van der Waals surface area contributed by atoms with E-state index in [4.69, 9.17) is 11.6 Å². The standard InChI is InChI=1S/C13H13ClN6O3/c1-2-15-11-10(20(22)23)12(17-7-16-11)18-19-13(21)8-3-5-9(14)6-4-8/h3-7H,2H2,1H3,(H,19,21)(H2,15,16,17,18). The molecule has 0 saturated heterocycles. The number of nitro groups is 1. The van der Waals surface area contributed by atoms with E-state index in [-0.39, 0.29) is 17.3 Å². The first kappa shape index (κ1) is 16.4. The van der Waals surface area contributed by atoms with Gasteiger partial charge in [0.1, 0.15) is 6.33 Å². The van der Waals surface area contributed by atoms with Gasteiger partial charge in [0.2, 0.25) is 11.6 Å². The lowest BCUT2D eigenvalue weighted by Gasteiger charge is -2.10. The molecule has 120 valence electrons. The van der Waals surface area contributed by atoms with Crippen LogP contribution in [-0.4, -0.2) is 27.3 Å². The molecule has 23 heavy (non-hydrogen) atoms. The van der Waals surface area contributed by atoms with Gasteiger partial charge in [-0.05, 0) is 31.2 Å². The molecule has 0 saturated carbocycles. The van der Waals surface area contributed by atoms with Crippen LogP contribution < -0.4 is 16.2 Å². The van der Waals surface area contributed by atoms with Crippen molar-refractivity contribution in [3.8, 4) is 0 Å². The van der Waals surface area contributed by atoms with Crippen molar-refractivity contribution < 1.29 is 9.72 Å². The van der Waals surface area contributed by atoms with E-state index in [1.165, 1.54) is 12.1 Å². The van der Waals surface area contributed by atoms with Crippen molar-refractivity contribution in [3.63, 3.8) is 0 Å². The molecule has 0 fully saturated rings. The fraction of sp³-hybridized carbons (Fsp3) is 0.154. The maximum atomic E-state index is 12.0. The van der Waals surface area contributed by atoms with Crippen LogP contribution in [0.3, 0.4) is 0 Å². The van der Waals surface area contributed by atoms with E-state index in [9.17, 15) is 14.9 Å². The number of rotatable bonds is 6. The topological polar surface area (TPSA) is 122 Å². The average Bonchev–Trinajstić information content (AvgIpc) is 2.53. The van der Waals surface area contributed by atoms with Gasteiger partial charge in [-0.1, -0.05) is 11.6 Å². The Hall–Kier alpha value is -2.94. The monoisotopic (exact) mass is 336 g/mol. The number of nitrogens with one attached hydrogen (secondary N) is 3. The lowest BCUT2D eigenvalue weighted by atomic mass is 10.2. The summed E-state index contributed by atoms with van der Waals surface area (Å²) in [5.41, 5.74) is 4.77. The highest BCUT2D eigenvalue weighted by Gasteiger charge is 2.23. The maximum Gasteiger partial charge on any atom is 0.354 e. The Labute approximate surface area is 136 Å². The Morgan fingerprint density at radius 1 is 1.26 bits per heavy atom. The van der Waals surface area contributed by atoms with Crippen LogP contribution in [0.15, 0.2) is 30.6 Å². The van der Waals surface area contributed by atoms with Crippen molar-refractivity contribution >= 4 is 34.8 Å². The largest absolute Gasteiger partial charge is 0.364 e. The van der Waals surface area contributed by atoms with Gasteiger partial charge in [0, 0.05) is 17.1 Å². The number of hydrogen-bond acceptors (Lipinski definition) is 7. The van der Waals surface area contributed by atoms with Crippen molar-refractivity contribution in [2.45, 2.75) is 6.92 Å². The Kier molecular flexibility index (Phi) is 5.26. The van der Waals surface area contributed by atoms with Crippen molar-refractivity contribution in [2.75, 3.05) is 17.3 Å². The van der Waals surface area contributed by atoms with Crippen molar-refractivity contribution in [3.05, 3.63) is 51.3 Å².